The minimum Gasteiger partial charge on any atom is -0.444 e. The van der Waals surface area contributed by atoms with Gasteiger partial charge in [-0.3, -0.25) is 0 Å². The second-order valence-electron chi connectivity index (χ2n) is 5.24. The van der Waals surface area contributed by atoms with Crippen LogP contribution in [0.15, 0.2) is 35.4 Å². The first-order chi connectivity index (χ1) is 9.74. The van der Waals surface area contributed by atoms with Crippen molar-refractivity contribution >= 4 is 11.9 Å². The lowest BCUT2D eigenvalue weighted by molar-refractivity contribution is 0.0536. The maximum atomic E-state index is 11.1. The molecule has 0 aromatic heterocycles. The molecule has 7 nitrogen and oxygen atoms in total. The van der Waals surface area contributed by atoms with E-state index in [0.29, 0.717) is 0 Å². The second-order valence-corrected chi connectivity index (χ2v) is 5.24. The molecule has 0 fully saturated rings. The van der Waals surface area contributed by atoms with E-state index in [1.54, 1.807) is 20.8 Å². The third kappa shape index (κ3) is 12.5. The van der Waals surface area contributed by atoms with Crippen LogP contribution in [0.1, 0.15) is 26.3 Å². The van der Waals surface area contributed by atoms with Crippen molar-refractivity contribution in [2.24, 2.45) is 16.7 Å². The fourth-order valence-corrected chi connectivity index (χ4v) is 1.13. The summed E-state index contributed by atoms with van der Waals surface area (Å²) in [6, 6.07) is 10.3. The first-order valence-electron chi connectivity index (χ1n) is 6.50. The monoisotopic (exact) mass is 295 g/mol. The summed E-state index contributed by atoms with van der Waals surface area (Å²) in [5, 5.41) is 5.86. The van der Waals surface area contributed by atoms with Crippen LogP contribution in [0.5, 0.6) is 0 Å². The van der Waals surface area contributed by atoms with Crippen LogP contribution in [-0.4, -0.2) is 24.1 Å². The Balaban J connectivity index is 0.000000471. The minimum absolute atomic E-state index is 0.0825. The molecule has 0 heterocycles. The molecule has 1 amide bonds. The largest absolute Gasteiger partial charge is 0.444 e. The van der Waals surface area contributed by atoms with E-state index in [-0.39, 0.29) is 12.4 Å². The van der Waals surface area contributed by atoms with E-state index in [4.69, 9.17) is 16.3 Å². The number of rotatable bonds is 3. The average Bonchev–Trinajstić information content (AvgIpc) is 2.36. The molecule has 1 aromatic rings. The molecule has 6 N–H and O–H groups in total. The number of carbonyl (C=O) groups excluding carboxylic acids is 1. The first-order valence-corrected chi connectivity index (χ1v) is 6.50. The molecule has 118 valence electrons. The number of ether oxygens (including phenoxy) is 1. The van der Waals surface area contributed by atoms with Crippen molar-refractivity contribution in [2.75, 3.05) is 6.54 Å². The van der Waals surface area contributed by atoms with Gasteiger partial charge in [-0.15, -0.1) is 0 Å². The van der Waals surface area contributed by atoms with Gasteiger partial charge in [0, 0.05) is 0 Å². The molecular formula is C14H25N5O2. The zero-order valence-corrected chi connectivity index (χ0v) is 13.0. The lowest BCUT2D eigenvalue weighted by Gasteiger charge is -2.19. The Bertz CT molecular complexity index is 440. The molecule has 0 saturated carbocycles. The molecule has 7 heteroatoms. The number of carbonyl (C=O) groups is 1. The van der Waals surface area contributed by atoms with E-state index >= 15 is 0 Å². The third-order valence-electron chi connectivity index (χ3n) is 1.96. The van der Waals surface area contributed by atoms with Crippen molar-refractivity contribution in [3.8, 4) is 0 Å². The predicted molar refractivity (Wildman–Crippen MR) is 84.4 cm³/mol. The Morgan fingerprint density at radius 3 is 2.24 bits per heavy atom. The van der Waals surface area contributed by atoms with E-state index in [0.717, 1.165) is 0 Å². The van der Waals surface area contributed by atoms with Crippen LogP contribution in [-0.2, 0) is 4.74 Å². The Morgan fingerprint density at radius 2 is 1.86 bits per heavy atom. The van der Waals surface area contributed by atoms with Gasteiger partial charge < -0.3 is 15.8 Å². The second kappa shape index (κ2) is 9.60. The van der Waals surface area contributed by atoms with Crippen LogP contribution in [0.4, 0.5) is 4.79 Å². The van der Waals surface area contributed by atoms with Crippen LogP contribution < -0.4 is 22.4 Å². The molecule has 0 aliphatic carbocycles. The van der Waals surface area contributed by atoms with Gasteiger partial charge in [-0.25, -0.2) is 16.2 Å². The van der Waals surface area contributed by atoms with E-state index in [2.05, 4.69) is 29.5 Å². The lowest BCUT2D eigenvalue weighted by Crippen LogP contribution is -2.38. The van der Waals surface area contributed by atoms with Crippen LogP contribution >= 0.6 is 0 Å². The predicted octanol–water partition coefficient (Wildman–Crippen LogP) is 1.24. The number of benzene rings is 1. The van der Waals surface area contributed by atoms with Gasteiger partial charge in [0.15, 0.2) is 0 Å². The maximum Gasteiger partial charge on any atom is 0.408 e. The number of hydrogen-bond acceptors (Lipinski definition) is 5. The van der Waals surface area contributed by atoms with Crippen LogP contribution in [0.2, 0.25) is 0 Å². The van der Waals surface area contributed by atoms with Crippen molar-refractivity contribution in [1.82, 2.24) is 10.9 Å². The Kier molecular flexibility index (Phi) is 8.55. The fourth-order valence-electron chi connectivity index (χ4n) is 1.13. The van der Waals surface area contributed by atoms with Crippen molar-refractivity contribution in [3.63, 3.8) is 0 Å². The summed E-state index contributed by atoms with van der Waals surface area (Å²) in [6.07, 6.45) is -0.548. The number of nitrogens with one attached hydrogen (secondary N) is 2. The molecule has 0 aliphatic heterocycles. The van der Waals surface area contributed by atoms with Gasteiger partial charge in [-0.05, 0) is 27.7 Å². The quantitative estimate of drug-likeness (QED) is 0.290. The van der Waals surface area contributed by atoms with Crippen molar-refractivity contribution in [3.05, 3.63) is 35.9 Å². The number of hydrogen-bond donors (Lipinski definition) is 4. The summed E-state index contributed by atoms with van der Waals surface area (Å²) in [4.78, 5) is 11.1. The molecule has 1 aromatic carbocycles. The fraction of sp³-hybridized carbons (Fsp3) is 0.429. The highest BCUT2D eigenvalue weighted by molar-refractivity contribution is 5.85. The topological polar surface area (TPSA) is 115 Å². The van der Waals surface area contributed by atoms with E-state index < -0.39 is 11.7 Å². The van der Waals surface area contributed by atoms with Crippen LogP contribution in [0.3, 0.4) is 0 Å². The molecule has 0 aliphatic rings. The highest BCUT2D eigenvalue weighted by Crippen LogP contribution is 2.05. The Hall–Kier alpha value is -2.28. The van der Waals surface area contributed by atoms with Gasteiger partial charge in [0.1, 0.15) is 11.4 Å². The van der Waals surface area contributed by atoms with Gasteiger partial charge in [-0.2, -0.15) is 5.10 Å². The number of nitrogens with two attached hydrogens (primary N) is 2. The summed E-state index contributed by atoms with van der Waals surface area (Å²) in [5.74, 6) is 5.04. The summed E-state index contributed by atoms with van der Waals surface area (Å²) in [6.45, 7) is 7.47. The van der Waals surface area contributed by atoms with Crippen molar-refractivity contribution in [1.29, 1.82) is 0 Å². The maximum absolute atomic E-state index is 11.1. The van der Waals surface area contributed by atoms with Gasteiger partial charge in [-0.1, -0.05) is 35.9 Å². The molecule has 0 radical (unpaired) electrons. The minimum atomic E-state index is -0.548. The number of hydrazine groups is 1. The van der Waals surface area contributed by atoms with Crippen molar-refractivity contribution in [2.45, 2.75) is 33.3 Å². The molecule has 0 spiro atoms. The normalized spacial score (nSPS) is 11.0. The number of aryl methyl sites for hydroxylation is 1. The summed E-state index contributed by atoms with van der Waals surface area (Å²) >= 11 is 0. The number of amides is 1. The zero-order valence-electron chi connectivity index (χ0n) is 13.0. The molecule has 0 unspecified atom stereocenters. The molecule has 0 saturated heterocycles. The molecule has 0 atom stereocenters. The summed E-state index contributed by atoms with van der Waals surface area (Å²) in [7, 11) is 0. The molecule has 1 rings (SSSR count). The van der Waals surface area contributed by atoms with Crippen LogP contribution in [0, 0.1) is 6.92 Å². The lowest BCUT2D eigenvalue weighted by atomic mass is 10.2. The Labute approximate surface area is 125 Å². The smallest absolute Gasteiger partial charge is 0.408 e. The molecule has 0 bridgehead atoms. The summed E-state index contributed by atoms with van der Waals surface area (Å²) in [5.41, 5.74) is 8.14. The van der Waals surface area contributed by atoms with Gasteiger partial charge >= 0.3 is 6.09 Å². The van der Waals surface area contributed by atoms with E-state index in [9.17, 15) is 4.79 Å². The Morgan fingerprint density at radius 1 is 1.29 bits per heavy atom. The number of alkyl carbamates (subject to hydrolysis) is 1. The standard InChI is InChI=1S/C7H17N5O2.C7H8/c1-7(2,3)14-6(13)10-4-5(8)11-12-9;1-7-5-3-2-4-6-7/h12H,4,9H2,1-3H3,(H2,8,11)(H,10,13);2-6H,1H3. The zero-order chi connectivity index (χ0) is 16.3. The van der Waals surface area contributed by atoms with Crippen molar-refractivity contribution < 1.29 is 9.53 Å². The highest BCUT2D eigenvalue weighted by atomic mass is 16.6. The number of amidine groups is 1. The number of hydrazone groups is 1. The van der Waals surface area contributed by atoms with Gasteiger partial charge in [0.2, 0.25) is 0 Å². The molecule has 21 heavy (non-hydrogen) atoms. The summed E-state index contributed by atoms with van der Waals surface area (Å²) < 4.78 is 4.95. The first kappa shape index (κ1) is 18.7. The van der Waals surface area contributed by atoms with Gasteiger partial charge in [0.25, 0.3) is 0 Å². The highest BCUT2D eigenvalue weighted by Gasteiger charge is 2.15. The van der Waals surface area contributed by atoms with E-state index in [1.807, 2.05) is 23.7 Å². The molecular weight excluding hydrogens is 270 g/mol. The van der Waals surface area contributed by atoms with Gasteiger partial charge in [0.05, 0.1) is 6.54 Å². The number of nitrogens with zero attached hydrogens (tertiary/aromatic N) is 1. The third-order valence-corrected chi connectivity index (χ3v) is 1.96. The van der Waals surface area contributed by atoms with Crippen LogP contribution in [0.25, 0.3) is 0 Å². The average molecular weight is 295 g/mol. The SMILES string of the molecule is CC(C)(C)OC(=O)NC/C(N)=N/NN.Cc1ccccc1. The van der Waals surface area contributed by atoms with E-state index in [1.165, 1.54) is 5.56 Å².